The Hall–Kier alpha value is 2.17. The first-order valence-corrected chi connectivity index (χ1v) is 1.64. The maximum absolute atomic E-state index is 4.38. The van der Waals surface area contributed by atoms with E-state index in [-0.39, 0.29) is 72.8 Å². The van der Waals surface area contributed by atoms with Gasteiger partial charge in [0, 0.05) is 65.4 Å². The van der Waals surface area contributed by atoms with Gasteiger partial charge in [-0.25, -0.2) is 0 Å². The van der Waals surface area contributed by atoms with E-state index in [4.69, 9.17) is 0 Å². The van der Waals surface area contributed by atoms with Gasteiger partial charge in [0.15, 0.2) is 0 Å². The van der Waals surface area contributed by atoms with Crippen molar-refractivity contribution in [1.29, 1.82) is 0 Å². The van der Waals surface area contributed by atoms with Crippen LogP contribution in [0.5, 0.6) is 0 Å². The van der Waals surface area contributed by atoms with Crippen molar-refractivity contribution in [3.8, 4) is 0 Å². The van der Waals surface area contributed by atoms with Gasteiger partial charge < -0.3 is 19.1 Å². The maximum Gasteiger partial charge on any atom is 0 e. The van der Waals surface area contributed by atoms with E-state index in [1.807, 2.05) is 0 Å². The summed E-state index contributed by atoms with van der Waals surface area (Å²) in [7, 11) is 0. The molecule has 1 rings (SSSR count). The first-order valence-electron chi connectivity index (χ1n) is 1.64. The van der Waals surface area contributed by atoms with Crippen LogP contribution in [0.25, 0.3) is 0 Å². The maximum atomic E-state index is 4.38. The van der Waals surface area contributed by atoms with Gasteiger partial charge in [-0.3, -0.25) is 0 Å². The van der Waals surface area contributed by atoms with E-state index >= 15 is 0 Å². The molecular formula is C5H11OY2-3. The van der Waals surface area contributed by atoms with E-state index in [2.05, 4.69) is 11.7 Å². The summed E-state index contributed by atoms with van der Waals surface area (Å²) in [5.41, 5.74) is 0. The molecule has 1 nitrogen and oxygen atoms in total. The smallest absolute Gasteiger partial charge is 0 e. The number of hydrogen-bond donors (Lipinski definition) is 0. The third-order valence-corrected chi connectivity index (χ3v) is 0.167. The molecule has 0 unspecified atom stereocenters. The van der Waals surface area contributed by atoms with Crippen LogP contribution < -0.4 is 0 Å². The molecule has 8 heavy (non-hydrogen) atoms. The van der Waals surface area contributed by atoms with Crippen LogP contribution in [0.2, 0.25) is 0 Å². The van der Waals surface area contributed by atoms with Gasteiger partial charge in [-0.1, -0.05) is 6.61 Å². The van der Waals surface area contributed by atoms with Crippen LogP contribution in [0.1, 0.15) is 6.92 Å². The minimum atomic E-state index is 0. The van der Waals surface area contributed by atoms with Crippen LogP contribution in [-0.2, 0) is 70.2 Å². The first kappa shape index (κ1) is 22.5. The molecule has 0 amide bonds. The Kier molecular flexibility index (Phi) is 64.3. The Balaban J connectivity index is -0.0000000153. The van der Waals surface area contributed by atoms with E-state index in [9.17, 15) is 0 Å². The Bertz CT molecular complexity index is 15.1. The van der Waals surface area contributed by atoms with Crippen LogP contribution in [0.15, 0.2) is 0 Å². The molecule has 0 spiro atoms. The molecule has 0 N–H and O–H groups in total. The van der Waals surface area contributed by atoms with E-state index in [1.165, 1.54) is 0 Å². The summed E-state index contributed by atoms with van der Waals surface area (Å²) in [6.45, 7) is 7.62. The summed E-state index contributed by atoms with van der Waals surface area (Å²) in [6.07, 6.45) is 0. The first-order chi connectivity index (χ1) is 2.50. The van der Waals surface area contributed by atoms with Gasteiger partial charge in [0.1, 0.15) is 0 Å². The Labute approximate surface area is 103 Å². The molecule has 0 atom stereocenters. The molecule has 1 aliphatic rings. The number of epoxide rings is 1. The quantitative estimate of drug-likeness (QED) is 0.477. The second kappa shape index (κ2) is 22.9. The van der Waals surface area contributed by atoms with Crippen molar-refractivity contribution in [3.05, 3.63) is 21.0 Å². The summed E-state index contributed by atoms with van der Waals surface area (Å²) in [5.74, 6) is 0. The van der Waals surface area contributed by atoms with Crippen molar-refractivity contribution in [3.63, 3.8) is 0 Å². The van der Waals surface area contributed by atoms with Gasteiger partial charge in [-0.05, 0) is 0 Å². The van der Waals surface area contributed by atoms with Crippen molar-refractivity contribution in [2.24, 2.45) is 0 Å². The Morgan fingerprint density at radius 2 is 1.50 bits per heavy atom. The van der Waals surface area contributed by atoms with E-state index in [1.54, 1.807) is 13.5 Å². The fourth-order valence-corrected chi connectivity index (χ4v) is 0. The molecule has 0 aromatic heterocycles. The van der Waals surface area contributed by atoms with Gasteiger partial charge in [0.2, 0.25) is 0 Å². The summed E-state index contributed by atoms with van der Waals surface area (Å²) >= 11 is 0. The molecule has 0 saturated carbocycles. The predicted molar refractivity (Wildman–Crippen MR) is 27.7 cm³/mol. The summed E-state index contributed by atoms with van der Waals surface area (Å²) < 4.78 is 4.38. The molecule has 46 valence electrons. The molecule has 2 radical (unpaired) electrons. The van der Waals surface area contributed by atoms with Crippen LogP contribution in [0.4, 0.5) is 0 Å². The molecule has 0 bridgehead atoms. The average Bonchev–Trinajstić information content (AvgIpc) is 2.19. The fourth-order valence-electron chi connectivity index (χ4n) is 0. The van der Waals surface area contributed by atoms with Gasteiger partial charge in [-0.15, -0.1) is 0 Å². The second-order valence-electron chi connectivity index (χ2n) is 0.500. The molecule has 1 aliphatic heterocycles. The minimum Gasteiger partial charge on any atom is -0.574 e. The third kappa shape index (κ3) is 41.8. The zero-order chi connectivity index (χ0) is 4.12. The standard InChI is InChI=1S/C2H3O.C2H5.CH3.2Y/c1-2-3-1;1-2;;;/h1H,2H2;1H2,2H3;1H3;;/q3*-1;;. The third-order valence-electron chi connectivity index (χ3n) is 0.167. The summed E-state index contributed by atoms with van der Waals surface area (Å²) in [5, 5.41) is 0. The van der Waals surface area contributed by atoms with Crippen LogP contribution in [-0.4, -0.2) is 6.61 Å². The van der Waals surface area contributed by atoms with Crippen molar-refractivity contribution in [1.82, 2.24) is 0 Å². The zero-order valence-electron chi connectivity index (χ0n) is 5.55. The summed E-state index contributed by atoms with van der Waals surface area (Å²) in [4.78, 5) is 0. The normalized spacial score (nSPS) is 9.75. The van der Waals surface area contributed by atoms with Crippen molar-refractivity contribution >= 4 is 0 Å². The topological polar surface area (TPSA) is 12.5 Å². The molecule has 0 aromatic carbocycles. The van der Waals surface area contributed by atoms with Crippen LogP contribution in [0.3, 0.4) is 0 Å². The van der Waals surface area contributed by atoms with Crippen LogP contribution in [0, 0.1) is 21.0 Å². The van der Waals surface area contributed by atoms with Crippen LogP contribution >= 0.6 is 0 Å². The molecular weight excluding hydrogens is 254 g/mol. The molecule has 1 heterocycles. The van der Waals surface area contributed by atoms with Gasteiger partial charge in [0.25, 0.3) is 0 Å². The van der Waals surface area contributed by atoms with E-state index in [0.717, 1.165) is 6.61 Å². The summed E-state index contributed by atoms with van der Waals surface area (Å²) in [6, 6.07) is 0. The minimum absolute atomic E-state index is 0. The largest absolute Gasteiger partial charge is 0.574 e. The molecule has 1 saturated heterocycles. The van der Waals surface area contributed by atoms with Gasteiger partial charge >= 0.3 is 0 Å². The van der Waals surface area contributed by atoms with Gasteiger partial charge in [-0.2, -0.15) is 13.5 Å². The zero-order valence-corrected chi connectivity index (χ0v) is 11.2. The van der Waals surface area contributed by atoms with E-state index < -0.39 is 0 Å². The number of hydrogen-bond acceptors (Lipinski definition) is 1. The Morgan fingerprint density at radius 3 is 1.50 bits per heavy atom. The van der Waals surface area contributed by atoms with Crippen molar-refractivity contribution in [2.75, 3.05) is 6.61 Å². The van der Waals surface area contributed by atoms with Gasteiger partial charge in [0.05, 0.1) is 0 Å². The molecule has 1 fully saturated rings. The monoisotopic (exact) mass is 265 g/mol. The Morgan fingerprint density at radius 1 is 1.38 bits per heavy atom. The SMILES string of the molecule is [CH-]1CO1.[CH2-]C.[CH3-].[Y].[Y]. The second-order valence-corrected chi connectivity index (χ2v) is 0.500. The number of rotatable bonds is 0. The van der Waals surface area contributed by atoms with Crippen molar-refractivity contribution < 1.29 is 70.2 Å². The predicted octanol–water partition coefficient (Wildman–Crippen LogP) is 1.46. The van der Waals surface area contributed by atoms with E-state index in [0.29, 0.717) is 0 Å². The molecule has 3 heteroatoms. The fraction of sp³-hybridized carbons (Fsp3) is 0.400. The number of ether oxygens (including phenoxy) is 1. The molecule has 0 aliphatic carbocycles. The van der Waals surface area contributed by atoms with Crippen molar-refractivity contribution in [2.45, 2.75) is 6.92 Å². The molecule has 0 aromatic rings. The average molecular weight is 265 g/mol.